The van der Waals surface area contributed by atoms with E-state index in [1.165, 1.54) is 25.9 Å². The van der Waals surface area contributed by atoms with E-state index in [9.17, 15) is 0 Å². The second-order valence-corrected chi connectivity index (χ2v) is 3.73. The Balaban J connectivity index is 0.00000169. The van der Waals surface area contributed by atoms with Crippen LogP contribution >= 0.6 is 12.4 Å². The Morgan fingerprint density at radius 1 is 1.14 bits per heavy atom. The molecular weight excluding hydrogens is 202 g/mol. The number of ether oxygens (including phenoxy) is 2. The molecule has 0 N–H and O–H groups in total. The molecule has 0 amide bonds. The minimum Gasteiger partial charge on any atom is -0.384 e. The van der Waals surface area contributed by atoms with E-state index >= 15 is 0 Å². The van der Waals surface area contributed by atoms with Crippen LogP contribution in [0.5, 0.6) is 0 Å². The van der Waals surface area contributed by atoms with Crippen LogP contribution in [0.3, 0.4) is 0 Å². The molecule has 0 saturated carbocycles. The van der Waals surface area contributed by atoms with Crippen molar-refractivity contribution in [1.29, 1.82) is 0 Å². The normalized spacial score (nSPS) is 19.3. The lowest BCUT2D eigenvalue weighted by molar-refractivity contribution is 0.0829. The second kappa shape index (κ2) is 8.48. The van der Waals surface area contributed by atoms with Crippen LogP contribution in [-0.2, 0) is 9.47 Å². The predicted octanol–water partition coefficient (Wildman–Crippen LogP) is 1.41. The summed E-state index contributed by atoms with van der Waals surface area (Å²) in [6, 6.07) is 0. The molecule has 0 atom stereocenters. The Morgan fingerprint density at radius 2 is 1.79 bits per heavy atom. The van der Waals surface area contributed by atoms with Crippen molar-refractivity contribution in [3.63, 3.8) is 0 Å². The number of hydrogen-bond acceptors (Lipinski definition) is 3. The largest absolute Gasteiger partial charge is 0.384 e. The summed E-state index contributed by atoms with van der Waals surface area (Å²) in [6.45, 7) is 5.28. The number of piperidine rings is 1. The SMILES string of the molecule is COCCN1CCC(COC)CC1.Cl. The molecule has 1 rings (SSSR count). The third kappa shape index (κ3) is 5.15. The topological polar surface area (TPSA) is 21.7 Å². The van der Waals surface area contributed by atoms with Crippen LogP contribution in [0, 0.1) is 5.92 Å². The van der Waals surface area contributed by atoms with E-state index in [0.717, 1.165) is 25.7 Å². The highest BCUT2D eigenvalue weighted by Crippen LogP contribution is 2.16. The molecule has 4 heteroatoms. The molecule has 0 aromatic heterocycles. The zero-order valence-electron chi connectivity index (χ0n) is 9.20. The second-order valence-electron chi connectivity index (χ2n) is 3.73. The van der Waals surface area contributed by atoms with Crippen LogP contribution in [0.4, 0.5) is 0 Å². The highest BCUT2D eigenvalue weighted by Gasteiger charge is 2.18. The van der Waals surface area contributed by atoms with Crippen molar-refractivity contribution < 1.29 is 9.47 Å². The molecule has 0 unspecified atom stereocenters. The van der Waals surface area contributed by atoms with Gasteiger partial charge in [0.15, 0.2) is 0 Å². The first-order valence-electron chi connectivity index (χ1n) is 5.07. The molecule has 86 valence electrons. The molecule has 0 spiro atoms. The van der Waals surface area contributed by atoms with E-state index in [-0.39, 0.29) is 12.4 Å². The van der Waals surface area contributed by atoms with Gasteiger partial charge in [0.2, 0.25) is 0 Å². The molecular formula is C10H22ClNO2. The fraction of sp³-hybridized carbons (Fsp3) is 1.00. The zero-order valence-corrected chi connectivity index (χ0v) is 10.0. The Morgan fingerprint density at radius 3 is 2.29 bits per heavy atom. The van der Waals surface area contributed by atoms with E-state index < -0.39 is 0 Å². The summed E-state index contributed by atoms with van der Waals surface area (Å²) in [5, 5.41) is 0. The van der Waals surface area contributed by atoms with Gasteiger partial charge in [-0.1, -0.05) is 0 Å². The van der Waals surface area contributed by atoms with Crippen molar-refractivity contribution in [2.45, 2.75) is 12.8 Å². The Kier molecular flexibility index (Phi) is 8.58. The maximum Gasteiger partial charge on any atom is 0.0589 e. The summed E-state index contributed by atoms with van der Waals surface area (Å²) >= 11 is 0. The molecule has 1 aliphatic heterocycles. The van der Waals surface area contributed by atoms with Gasteiger partial charge < -0.3 is 14.4 Å². The zero-order chi connectivity index (χ0) is 9.52. The van der Waals surface area contributed by atoms with Crippen LogP contribution in [0.15, 0.2) is 0 Å². The molecule has 1 aliphatic rings. The van der Waals surface area contributed by atoms with E-state index in [1.807, 2.05) is 0 Å². The number of methoxy groups -OCH3 is 2. The maximum absolute atomic E-state index is 5.15. The van der Waals surface area contributed by atoms with E-state index in [0.29, 0.717) is 0 Å². The van der Waals surface area contributed by atoms with Crippen LogP contribution in [0.2, 0.25) is 0 Å². The first-order chi connectivity index (χ1) is 6.36. The summed E-state index contributed by atoms with van der Waals surface area (Å²) in [4.78, 5) is 2.47. The van der Waals surface area contributed by atoms with E-state index in [2.05, 4.69) is 4.90 Å². The van der Waals surface area contributed by atoms with Gasteiger partial charge in [-0.25, -0.2) is 0 Å². The fourth-order valence-corrected chi connectivity index (χ4v) is 1.83. The first kappa shape index (κ1) is 14.2. The first-order valence-corrected chi connectivity index (χ1v) is 5.07. The Labute approximate surface area is 93.2 Å². The maximum atomic E-state index is 5.15. The molecule has 0 aromatic carbocycles. The van der Waals surface area contributed by atoms with Crippen LogP contribution in [-0.4, -0.2) is 52.0 Å². The summed E-state index contributed by atoms with van der Waals surface area (Å²) in [5.74, 6) is 0.781. The Hall–Kier alpha value is 0.170. The van der Waals surface area contributed by atoms with Crippen molar-refractivity contribution in [3.8, 4) is 0 Å². The minimum absolute atomic E-state index is 0. The van der Waals surface area contributed by atoms with Crippen molar-refractivity contribution in [3.05, 3.63) is 0 Å². The molecule has 0 aromatic rings. The van der Waals surface area contributed by atoms with Crippen molar-refractivity contribution in [2.75, 3.05) is 47.1 Å². The highest BCUT2D eigenvalue weighted by atomic mass is 35.5. The number of halogens is 1. The quantitative estimate of drug-likeness (QED) is 0.704. The van der Waals surface area contributed by atoms with Crippen molar-refractivity contribution in [2.24, 2.45) is 5.92 Å². The monoisotopic (exact) mass is 223 g/mol. The van der Waals surface area contributed by atoms with Gasteiger partial charge in [0.05, 0.1) is 6.61 Å². The van der Waals surface area contributed by atoms with E-state index in [4.69, 9.17) is 9.47 Å². The number of likely N-dealkylation sites (tertiary alicyclic amines) is 1. The number of hydrogen-bond donors (Lipinski definition) is 0. The summed E-state index contributed by atoms with van der Waals surface area (Å²) in [6.07, 6.45) is 2.55. The van der Waals surface area contributed by atoms with Gasteiger partial charge >= 0.3 is 0 Å². The standard InChI is InChI=1S/C10H21NO2.ClH/c1-12-8-7-11-5-3-10(4-6-11)9-13-2;/h10H,3-9H2,1-2H3;1H. The number of rotatable bonds is 5. The third-order valence-corrected chi connectivity index (χ3v) is 2.72. The van der Waals surface area contributed by atoms with Gasteiger partial charge in [0.1, 0.15) is 0 Å². The summed E-state index contributed by atoms with van der Waals surface area (Å²) in [5.41, 5.74) is 0. The van der Waals surface area contributed by atoms with Gasteiger partial charge in [-0.2, -0.15) is 0 Å². The molecule has 0 aliphatic carbocycles. The summed E-state index contributed by atoms with van der Waals surface area (Å²) < 4.78 is 10.2. The fourth-order valence-electron chi connectivity index (χ4n) is 1.83. The average Bonchev–Trinajstić information content (AvgIpc) is 2.17. The van der Waals surface area contributed by atoms with E-state index in [1.54, 1.807) is 14.2 Å². The van der Waals surface area contributed by atoms with Gasteiger partial charge in [0.25, 0.3) is 0 Å². The smallest absolute Gasteiger partial charge is 0.0589 e. The van der Waals surface area contributed by atoms with Crippen LogP contribution in [0.25, 0.3) is 0 Å². The van der Waals surface area contributed by atoms with Gasteiger partial charge in [-0.3, -0.25) is 0 Å². The van der Waals surface area contributed by atoms with Gasteiger partial charge in [-0.05, 0) is 31.8 Å². The van der Waals surface area contributed by atoms with Crippen LogP contribution < -0.4 is 0 Å². The Bertz CT molecular complexity index is 127. The van der Waals surface area contributed by atoms with Crippen molar-refractivity contribution >= 4 is 12.4 Å². The molecule has 1 heterocycles. The molecule has 0 bridgehead atoms. The third-order valence-electron chi connectivity index (χ3n) is 2.72. The molecule has 1 fully saturated rings. The van der Waals surface area contributed by atoms with Crippen LogP contribution in [0.1, 0.15) is 12.8 Å². The highest BCUT2D eigenvalue weighted by molar-refractivity contribution is 5.85. The predicted molar refractivity (Wildman–Crippen MR) is 60.2 cm³/mol. The molecule has 14 heavy (non-hydrogen) atoms. The molecule has 0 radical (unpaired) electrons. The van der Waals surface area contributed by atoms with Crippen molar-refractivity contribution in [1.82, 2.24) is 4.90 Å². The number of nitrogens with zero attached hydrogens (tertiary/aromatic N) is 1. The lowest BCUT2D eigenvalue weighted by Gasteiger charge is -2.31. The molecule has 3 nitrogen and oxygen atoms in total. The van der Waals surface area contributed by atoms with Gasteiger partial charge in [0, 0.05) is 27.4 Å². The lowest BCUT2D eigenvalue weighted by atomic mass is 9.98. The minimum atomic E-state index is 0. The average molecular weight is 224 g/mol. The molecule has 1 saturated heterocycles. The lowest BCUT2D eigenvalue weighted by Crippen LogP contribution is -2.36. The van der Waals surface area contributed by atoms with Gasteiger partial charge in [-0.15, -0.1) is 12.4 Å². The summed E-state index contributed by atoms with van der Waals surface area (Å²) in [7, 11) is 3.55.